The number of benzene rings is 1. The van der Waals surface area contributed by atoms with Crippen molar-refractivity contribution < 1.29 is 14.0 Å². The summed E-state index contributed by atoms with van der Waals surface area (Å²) >= 11 is 6.14. The molecule has 2 atom stereocenters. The second kappa shape index (κ2) is 7.30. The first kappa shape index (κ1) is 21.4. The maximum Gasteiger partial charge on any atom is 0.274 e. The first-order chi connectivity index (χ1) is 15.1. The minimum atomic E-state index is -0.434. The number of carbonyl (C=O) groups excluding carboxylic acids is 2. The predicted octanol–water partition coefficient (Wildman–Crippen LogP) is 4.37. The van der Waals surface area contributed by atoms with Crippen molar-refractivity contribution in [3.8, 4) is 0 Å². The van der Waals surface area contributed by atoms with Gasteiger partial charge >= 0.3 is 0 Å². The van der Waals surface area contributed by atoms with Gasteiger partial charge in [0.15, 0.2) is 5.69 Å². The van der Waals surface area contributed by atoms with Gasteiger partial charge in [0.2, 0.25) is 0 Å². The Labute approximate surface area is 192 Å². The van der Waals surface area contributed by atoms with Gasteiger partial charge in [0.05, 0.1) is 13.1 Å². The summed E-state index contributed by atoms with van der Waals surface area (Å²) in [6.07, 6.45) is 3.11. The number of carbonyl (C=O) groups is 2. The zero-order chi connectivity index (χ0) is 22.8. The summed E-state index contributed by atoms with van der Waals surface area (Å²) in [5.41, 5.74) is 1.32. The number of rotatable bonds is 3. The van der Waals surface area contributed by atoms with Crippen LogP contribution >= 0.6 is 11.6 Å². The molecule has 1 saturated heterocycles. The standard InChI is InChI=1S/C24H28ClFN4O2/c1-23(2)10-15-11-24(3,13-23)14-29(15)21(31)19-9-20-22(32)28(7-8-30(20)27-19)12-16-17(25)5-4-6-18(16)26/h4-6,9,15H,7-8,10-14H2,1-3H3. The number of aromatic nitrogens is 2. The molecular formula is C24H28ClFN4O2. The molecule has 2 unspecified atom stereocenters. The van der Waals surface area contributed by atoms with E-state index in [4.69, 9.17) is 11.6 Å². The maximum absolute atomic E-state index is 14.2. The van der Waals surface area contributed by atoms with Crippen molar-refractivity contribution in [2.75, 3.05) is 13.1 Å². The summed E-state index contributed by atoms with van der Waals surface area (Å²) in [5.74, 6) is -0.804. The third-order valence-electron chi connectivity index (χ3n) is 7.17. The van der Waals surface area contributed by atoms with E-state index < -0.39 is 5.82 Å². The minimum absolute atomic E-state index is 0.0838. The van der Waals surface area contributed by atoms with Gasteiger partial charge in [-0.3, -0.25) is 14.3 Å². The first-order valence-electron chi connectivity index (χ1n) is 11.2. The number of amides is 2. The van der Waals surface area contributed by atoms with Crippen molar-refractivity contribution in [2.24, 2.45) is 10.8 Å². The Morgan fingerprint density at radius 3 is 2.78 bits per heavy atom. The molecule has 1 aliphatic carbocycles. The van der Waals surface area contributed by atoms with Crippen molar-refractivity contribution in [3.63, 3.8) is 0 Å². The number of halogens is 2. The molecule has 0 radical (unpaired) electrons. The lowest BCUT2D eigenvalue weighted by Gasteiger charge is -2.39. The molecule has 1 saturated carbocycles. The van der Waals surface area contributed by atoms with Gasteiger partial charge in [0, 0.05) is 35.8 Å². The van der Waals surface area contributed by atoms with Gasteiger partial charge < -0.3 is 9.80 Å². The summed E-state index contributed by atoms with van der Waals surface area (Å²) in [7, 11) is 0. The van der Waals surface area contributed by atoms with Gasteiger partial charge in [0.25, 0.3) is 11.8 Å². The maximum atomic E-state index is 14.2. The molecule has 3 heterocycles. The highest BCUT2D eigenvalue weighted by Gasteiger charge is 2.51. The van der Waals surface area contributed by atoms with Crippen LogP contribution in [-0.2, 0) is 13.1 Å². The normalized spacial score (nSPS) is 26.4. The van der Waals surface area contributed by atoms with E-state index in [1.807, 2.05) is 4.90 Å². The van der Waals surface area contributed by atoms with E-state index in [9.17, 15) is 14.0 Å². The largest absolute Gasteiger partial charge is 0.334 e. The molecule has 2 aromatic rings. The molecule has 2 amide bonds. The lowest BCUT2D eigenvalue weighted by molar-refractivity contribution is 0.0674. The Morgan fingerprint density at radius 1 is 1.25 bits per heavy atom. The molecule has 8 heteroatoms. The van der Waals surface area contributed by atoms with Gasteiger partial charge in [0.1, 0.15) is 11.5 Å². The number of hydrogen-bond donors (Lipinski definition) is 0. The van der Waals surface area contributed by atoms with E-state index in [0.29, 0.717) is 35.1 Å². The van der Waals surface area contributed by atoms with Crippen molar-refractivity contribution in [1.29, 1.82) is 0 Å². The summed E-state index contributed by atoms with van der Waals surface area (Å²) in [6.45, 7) is 8.46. The Morgan fingerprint density at radius 2 is 2.03 bits per heavy atom. The van der Waals surface area contributed by atoms with E-state index in [1.165, 1.54) is 6.07 Å². The lowest BCUT2D eigenvalue weighted by Crippen LogP contribution is -2.40. The zero-order valence-electron chi connectivity index (χ0n) is 18.7. The highest BCUT2D eigenvalue weighted by atomic mass is 35.5. The topological polar surface area (TPSA) is 58.4 Å². The molecule has 1 aromatic carbocycles. The molecule has 0 spiro atoms. The summed E-state index contributed by atoms with van der Waals surface area (Å²) in [4.78, 5) is 30.0. The highest BCUT2D eigenvalue weighted by molar-refractivity contribution is 6.31. The van der Waals surface area contributed by atoms with E-state index in [0.717, 1.165) is 25.8 Å². The third kappa shape index (κ3) is 3.60. The predicted molar refractivity (Wildman–Crippen MR) is 119 cm³/mol. The Bertz CT molecular complexity index is 1090. The van der Waals surface area contributed by atoms with Gasteiger partial charge in [-0.1, -0.05) is 38.4 Å². The van der Waals surface area contributed by atoms with Crippen LogP contribution in [0.15, 0.2) is 24.3 Å². The molecule has 32 heavy (non-hydrogen) atoms. The molecule has 0 N–H and O–H groups in total. The number of likely N-dealkylation sites (tertiary alicyclic amines) is 1. The fourth-order valence-corrected chi connectivity index (χ4v) is 6.44. The van der Waals surface area contributed by atoms with Gasteiger partial charge in [-0.25, -0.2) is 4.39 Å². The van der Waals surface area contributed by atoms with Gasteiger partial charge in [-0.2, -0.15) is 5.10 Å². The molecule has 2 aliphatic heterocycles. The van der Waals surface area contributed by atoms with Crippen LogP contribution in [0.1, 0.15) is 66.6 Å². The number of nitrogens with zero attached hydrogens (tertiary/aromatic N) is 4. The summed E-state index contributed by atoms with van der Waals surface area (Å²) in [6, 6.07) is 6.30. The monoisotopic (exact) mass is 458 g/mol. The summed E-state index contributed by atoms with van der Waals surface area (Å²) < 4.78 is 15.8. The molecule has 6 nitrogen and oxygen atoms in total. The van der Waals surface area contributed by atoms with Gasteiger partial charge in [-0.15, -0.1) is 0 Å². The molecular weight excluding hydrogens is 431 g/mol. The molecule has 170 valence electrons. The smallest absolute Gasteiger partial charge is 0.274 e. The number of fused-ring (bicyclic) bond motifs is 3. The van der Waals surface area contributed by atoms with Crippen molar-refractivity contribution in [1.82, 2.24) is 19.6 Å². The SMILES string of the molecule is CC1(C)CC2CC(C)(CN2C(=O)c2cc3n(n2)CCN(Cc2c(F)cccc2Cl)C3=O)C1. The third-order valence-corrected chi connectivity index (χ3v) is 7.53. The van der Waals surface area contributed by atoms with E-state index in [2.05, 4.69) is 25.9 Å². The van der Waals surface area contributed by atoms with Crippen LogP contribution < -0.4 is 0 Å². The average molecular weight is 459 g/mol. The van der Waals surface area contributed by atoms with E-state index in [-0.39, 0.29) is 35.2 Å². The highest BCUT2D eigenvalue weighted by Crippen LogP contribution is 2.52. The molecule has 5 rings (SSSR count). The minimum Gasteiger partial charge on any atom is -0.334 e. The Hall–Kier alpha value is -2.41. The second-order valence-electron chi connectivity index (χ2n) is 10.7. The molecule has 3 aliphatic rings. The zero-order valence-corrected chi connectivity index (χ0v) is 19.5. The van der Waals surface area contributed by atoms with Crippen LogP contribution in [0.3, 0.4) is 0 Å². The van der Waals surface area contributed by atoms with E-state index in [1.54, 1.807) is 27.8 Å². The molecule has 2 bridgehead atoms. The van der Waals surface area contributed by atoms with Crippen LogP contribution in [0, 0.1) is 16.6 Å². The van der Waals surface area contributed by atoms with Crippen LogP contribution in [-0.4, -0.2) is 50.5 Å². The Kier molecular flexibility index (Phi) is 4.89. The van der Waals surface area contributed by atoms with Crippen molar-refractivity contribution in [2.45, 2.75) is 59.2 Å². The van der Waals surface area contributed by atoms with Crippen LogP contribution in [0.2, 0.25) is 5.02 Å². The molecule has 2 fully saturated rings. The fourth-order valence-electron chi connectivity index (χ4n) is 6.21. The Balaban J connectivity index is 1.36. The number of hydrogen-bond acceptors (Lipinski definition) is 3. The quantitative estimate of drug-likeness (QED) is 0.686. The summed E-state index contributed by atoms with van der Waals surface area (Å²) in [5, 5.41) is 4.77. The van der Waals surface area contributed by atoms with Crippen molar-refractivity contribution >= 4 is 23.4 Å². The van der Waals surface area contributed by atoms with E-state index >= 15 is 0 Å². The average Bonchev–Trinajstić information content (AvgIpc) is 3.24. The van der Waals surface area contributed by atoms with Crippen LogP contribution in [0.5, 0.6) is 0 Å². The first-order valence-corrected chi connectivity index (χ1v) is 11.5. The van der Waals surface area contributed by atoms with Crippen molar-refractivity contribution in [3.05, 3.63) is 52.1 Å². The van der Waals surface area contributed by atoms with Crippen LogP contribution in [0.4, 0.5) is 4.39 Å². The van der Waals surface area contributed by atoms with Gasteiger partial charge in [-0.05, 0) is 42.2 Å². The fraction of sp³-hybridized carbons (Fsp3) is 0.542. The van der Waals surface area contributed by atoms with Crippen LogP contribution in [0.25, 0.3) is 0 Å². The lowest BCUT2D eigenvalue weighted by atomic mass is 9.65. The molecule has 1 aromatic heterocycles. The second-order valence-corrected chi connectivity index (χ2v) is 11.1.